The summed E-state index contributed by atoms with van der Waals surface area (Å²) in [5.41, 5.74) is -0.0944. The number of aliphatic carboxylic acids is 1. The molecule has 0 aliphatic carbocycles. The highest BCUT2D eigenvalue weighted by Gasteiger charge is 2.40. The van der Waals surface area contributed by atoms with E-state index in [1.165, 1.54) is 48.8 Å². The Bertz CT molecular complexity index is 2380. The Labute approximate surface area is 466 Å². The number of hydrogen-bond acceptors (Lipinski definition) is 18. The number of ketones is 3. The van der Waals surface area contributed by atoms with Gasteiger partial charge >= 0.3 is 17.9 Å². The number of thiazole rings is 1. The zero-order valence-corrected chi connectivity index (χ0v) is 49.1. The number of thioether (sulfide) groups is 2. The zero-order chi connectivity index (χ0) is 57.1. The summed E-state index contributed by atoms with van der Waals surface area (Å²) in [5.74, 6) is -5.32. The van der Waals surface area contributed by atoms with Crippen molar-refractivity contribution < 1.29 is 67.2 Å². The number of nitrogens with zero attached hydrogens (tertiary/aromatic N) is 3. The van der Waals surface area contributed by atoms with E-state index in [0.29, 0.717) is 34.9 Å². The first-order chi connectivity index (χ1) is 36.3. The molecular formula is C55H81N5O14S3. The Kier molecular flexibility index (Phi) is 26.2. The van der Waals surface area contributed by atoms with E-state index in [9.17, 15) is 48.3 Å². The predicted molar refractivity (Wildman–Crippen MR) is 297 cm³/mol. The summed E-state index contributed by atoms with van der Waals surface area (Å²) in [7, 11) is 5.36. The van der Waals surface area contributed by atoms with Crippen molar-refractivity contribution in [2.45, 2.75) is 160 Å². The molecule has 3 unspecified atom stereocenters. The lowest BCUT2D eigenvalue weighted by Crippen LogP contribution is -2.50. The Morgan fingerprint density at radius 2 is 1.52 bits per heavy atom. The third-order valence-electron chi connectivity index (χ3n) is 14.4. The molecule has 0 bridgehead atoms. The molecule has 3 heterocycles. The van der Waals surface area contributed by atoms with Gasteiger partial charge in [-0.05, 0) is 83.2 Å². The van der Waals surface area contributed by atoms with Crippen LogP contribution in [0.2, 0.25) is 0 Å². The number of carboxylic acid groups (broad SMARTS) is 1. The van der Waals surface area contributed by atoms with Gasteiger partial charge in [0, 0.05) is 81.3 Å². The summed E-state index contributed by atoms with van der Waals surface area (Å²) in [5, 5.41) is 17.4. The van der Waals surface area contributed by atoms with E-state index in [4.69, 9.17) is 18.9 Å². The van der Waals surface area contributed by atoms with Gasteiger partial charge in [0.1, 0.15) is 22.3 Å². The van der Waals surface area contributed by atoms with E-state index >= 15 is 0 Å². The number of Topliss-reactive ketones (excluding diaryl/α,β-unsaturated/α-hetero) is 3. The van der Waals surface area contributed by atoms with Crippen LogP contribution in [0.3, 0.4) is 0 Å². The highest BCUT2D eigenvalue weighted by molar-refractivity contribution is 8.20. The van der Waals surface area contributed by atoms with Gasteiger partial charge in [-0.3, -0.25) is 48.1 Å². The molecule has 428 valence electrons. The van der Waals surface area contributed by atoms with Gasteiger partial charge in [-0.2, -0.15) is 0 Å². The van der Waals surface area contributed by atoms with Gasteiger partial charge in [-0.1, -0.05) is 47.1 Å². The number of hydrogen-bond donors (Lipinski definition) is 3. The Hall–Kier alpha value is -4.74. The van der Waals surface area contributed by atoms with E-state index in [1.54, 1.807) is 24.1 Å². The standard InChI is InChI=1S/C55H81N5O14S3/c1-12-33(4)38(28-46(64)55(7,8)59(9)10)53(68)60(11)41(32(2)3)29-45(73-35(6)61)52-58-40(30-75-52)51(67)56-37(25-34(5)54(69)70)26-36-17-18-44-39(27-36)57-47(65)19-23-71-21-13-15-42(62)49-50(77-31-76-49)43(63)16-14-22-72-24-20-48(66)74-44/h17-18,27,30,32-34,37-38,41,45,49-50H,12-16,19-26,28-29,31H2,1-11H3,(H,56,67)(H,57,65)(H,69,70)/t33-,34?,37+,38-,41+,45+,49?,50?/m0/s1. The molecule has 77 heavy (non-hydrogen) atoms. The van der Waals surface area contributed by atoms with E-state index in [-0.39, 0.29) is 130 Å². The molecule has 1 saturated heterocycles. The predicted octanol–water partition coefficient (Wildman–Crippen LogP) is 7.58. The molecule has 1 aromatic heterocycles. The molecule has 0 saturated carbocycles. The van der Waals surface area contributed by atoms with Crippen LogP contribution < -0.4 is 15.4 Å². The Morgan fingerprint density at radius 1 is 0.896 bits per heavy atom. The molecule has 0 spiro atoms. The third kappa shape index (κ3) is 19.8. The van der Waals surface area contributed by atoms with Crippen LogP contribution in [-0.4, -0.2) is 154 Å². The topological polar surface area (TPSA) is 254 Å². The van der Waals surface area contributed by atoms with Crippen LogP contribution in [0.1, 0.15) is 147 Å². The van der Waals surface area contributed by atoms with Crippen LogP contribution in [0.25, 0.3) is 0 Å². The number of ether oxygens (including phenoxy) is 4. The monoisotopic (exact) mass is 1130 g/mol. The lowest BCUT2D eigenvalue weighted by Gasteiger charge is -2.38. The molecule has 2 aliphatic heterocycles. The van der Waals surface area contributed by atoms with Crippen molar-refractivity contribution in [3.63, 3.8) is 0 Å². The Balaban J connectivity index is 1.54. The summed E-state index contributed by atoms with van der Waals surface area (Å²) in [6.07, 6.45) is 1.16. The van der Waals surface area contributed by atoms with E-state index < -0.39 is 75.8 Å². The number of benzene rings is 1. The van der Waals surface area contributed by atoms with Crippen LogP contribution in [0, 0.1) is 23.7 Å². The van der Waals surface area contributed by atoms with Crippen molar-refractivity contribution in [2.24, 2.45) is 23.7 Å². The van der Waals surface area contributed by atoms with Gasteiger partial charge in [-0.15, -0.1) is 34.9 Å². The number of rotatable bonds is 20. The van der Waals surface area contributed by atoms with Crippen molar-refractivity contribution >= 4 is 93.5 Å². The first kappa shape index (κ1) is 64.8. The third-order valence-corrected chi connectivity index (χ3v) is 18.4. The summed E-state index contributed by atoms with van der Waals surface area (Å²) < 4.78 is 22.9. The SMILES string of the molecule is CC[C@H](C)[C@H](CC(=O)C(C)(C)N(C)C)C(=O)N(C)[C@H](C[C@@H](OC(C)=O)c1nc(C(=O)N[C@@H](Cc2ccc3c(c2)NC(=O)CCOCCCC(=O)C2SCSC2C(=O)CCCOCCC(=O)O3)CC(C)C(=O)O)cs1)C(C)C. The highest BCUT2D eigenvalue weighted by atomic mass is 32.2. The first-order valence-corrected chi connectivity index (χ1v) is 29.5. The summed E-state index contributed by atoms with van der Waals surface area (Å²) in [4.78, 5) is 127. The Morgan fingerprint density at radius 3 is 2.09 bits per heavy atom. The minimum absolute atomic E-state index is 0.000858. The number of esters is 2. The molecule has 22 heteroatoms. The van der Waals surface area contributed by atoms with Gasteiger partial charge in [-0.25, -0.2) is 4.98 Å². The lowest BCUT2D eigenvalue weighted by molar-refractivity contribution is -0.150. The molecule has 0 radical (unpaired) electrons. The summed E-state index contributed by atoms with van der Waals surface area (Å²) >= 11 is 4.06. The maximum Gasteiger partial charge on any atom is 0.313 e. The average Bonchev–Trinajstić information content (AvgIpc) is 4.08. The van der Waals surface area contributed by atoms with Gasteiger partial charge in [0.15, 0.2) is 17.6 Å². The molecule has 19 nitrogen and oxygen atoms in total. The number of carbonyl (C=O) groups excluding carboxylic acids is 8. The molecule has 2 aromatic rings. The van der Waals surface area contributed by atoms with E-state index in [1.807, 2.05) is 60.5 Å². The normalized spacial score (nSPS) is 20.2. The van der Waals surface area contributed by atoms with E-state index in [0.717, 1.165) is 11.3 Å². The second-order valence-corrected chi connectivity index (χ2v) is 24.6. The first-order valence-electron chi connectivity index (χ1n) is 26.6. The molecule has 3 amide bonds. The van der Waals surface area contributed by atoms with Gasteiger partial charge in [0.25, 0.3) is 5.91 Å². The second kappa shape index (κ2) is 31.2. The second-order valence-electron chi connectivity index (χ2n) is 21.1. The minimum atomic E-state index is -1.09. The van der Waals surface area contributed by atoms with E-state index in [2.05, 4.69) is 15.6 Å². The van der Waals surface area contributed by atoms with Gasteiger partial charge in [0.05, 0.1) is 53.7 Å². The van der Waals surface area contributed by atoms with Crippen molar-refractivity contribution in [1.82, 2.24) is 20.1 Å². The highest BCUT2D eigenvalue weighted by Crippen LogP contribution is 2.39. The van der Waals surface area contributed by atoms with Crippen molar-refractivity contribution in [3.8, 4) is 5.75 Å². The number of fused-ring (bicyclic) bond motifs is 2. The molecule has 8 atom stereocenters. The van der Waals surface area contributed by atoms with Crippen molar-refractivity contribution in [1.29, 1.82) is 0 Å². The maximum absolute atomic E-state index is 14.4. The number of nitrogens with one attached hydrogen (secondary N) is 2. The van der Waals surface area contributed by atoms with Crippen LogP contribution >= 0.6 is 34.9 Å². The zero-order valence-electron chi connectivity index (χ0n) is 46.6. The van der Waals surface area contributed by atoms with Crippen LogP contribution in [0.5, 0.6) is 5.75 Å². The van der Waals surface area contributed by atoms with Gasteiger partial charge < -0.3 is 39.6 Å². The fraction of sp³-hybridized carbons (Fsp3) is 0.673. The molecule has 1 aromatic carbocycles. The number of aromatic nitrogens is 1. The smallest absolute Gasteiger partial charge is 0.313 e. The number of carbonyl (C=O) groups is 9. The largest absolute Gasteiger partial charge is 0.481 e. The van der Waals surface area contributed by atoms with Crippen LogP contribution in [0.4, 0.5) is 5.69 Å². The summed E-state index contributed by atoms with van der Waals surface area (Å²) in [6.45, 7) is 14.8. The quantitative estimate of drug-likeness (QED) is 0.0853. The number of likely N-dealkylation sites (N-methyl/N-ethyl adjacent to an activating group) is 1. The van der Waals surface area contributed by atoms with Gasteiger partial charge in [0.2, 0.25) is 11.8 Å². The molecule has 2 aliphatic rings. The molecule has 3 N–H and O–H groups in total. The van der Waals surface area contributed by atoms with Crippen molar-refractivity contribution in [3.05, 3.63) is 39.8 Å². The van der Waals surface area contributed by atoms with Crippen LogP contribution in [-0.2, 0) is 59.0 Å². The number of amides is 3. The lowest BCUT2D eigenvalue weighted by atomic mass is 9.81. The van der Waals surface area contributed by atoms with Crippen LogP contribution in [0.15, 0.2) is 23.6 Å². The molecule has 4 rings (SSSR count). The maximum atomic E-state index is 14.4. The van der Waals surface area contributed by atoms with Crippen molar-refractivity contribution in [2.75, 3.05) is 58.0 Å². The fourth-order valence-corrected chi connectivity index (χ4v) is 13.0. The fourth-order valence-electron chi connectivity index (χ4n) is 8.91. The average molecular weight is 1130 g/mol. The number of carboxylic acids is 1. The molecule has 1 fully saturated rings. The number of anilines is 1. The summed E-state index contributed by atoms with van der Waals surface area (Å²) in [6, 6.07) is 3.47. The molecular weight excluding hydrogens is 1050 g/mol. The minimum Gasteiger partial charge on any atom is -0.481 e.